The van der Waals surface area contributed by atoms with Gasteiger partial charge < -0.3 is 9.47 Å². The van der Waals surface area contributed by atoms with E-state index in [9.17, 15) is 9.59 Å². The molecule has 1 atom stereocenters. The molecule has 0 fully saturated rings. The fourth-order valence-corrected chi connectivity index (χ4v) is 1.49. The number of nitrogens with zero attached hydrogens (tertiary/aromatic N) is 1. The minimum Gasteiger partial charge on any atom is -0.458 e. The molecule has 0 bridgehead atoms. The van der Waals surface area contributed by atoms with Gasteiger partial charge in [0.2, 0.25) is 0 Å². The fraction of sp³-hybridized carbons (Fsp3) is 0.500. The van der Waals surface area contributed by atoms with Gasteiger partial charge in [0, 0.05) is 13.1 Å². The minimum absolute atomic E-state index is 0.343. The zero-order valence-electron chi connectivity index (χ0n) is 12.4. The smallest absolute Gasteiger partial charge is 0.413 e. The van der Waals surface area contributed by atoms with Crippen LogP contribution in [0.5, 0.6) is 0 Å². The van der Waals surface area contributed by atoms with Crippen molar-refractivity contribution in [1.82, 2.24) is 4.98 Å². The van der Waals surface area contributed by atoms with Crippen LogP contribution in [0.4, 0.5) is 10.6 Å². The van der Waals surface area contributed by atoms with Crippen molar-refractivity contribution in [2.24, 2.45) is 0 Å². The normalized spacial score (nSPS) is 12.4. The number of aromatic nitrogens is 1. The van der Waals surface area contributed by atoms with E-state index in [1.807, 2.05) is 0 Å². The molecule has 0 spiro atoms. The molecular weight excluding hydrogens is 260 g/mol. The third kappa shape index (κ3) is 5.69. The minimum atomic E-state index is -0.581. The summed E-state index contributed by atoms with van der Waals surface area (Å²) in [4.78, 5) is 26.6. The lowest BCUT2D eigenvalue weighted by Crippen LogP contribution is -2.27. The van der Waals surface area contributed by atoms with Gasteiger partial charge in [0.05, 0.1) is 0 Å². The molecule has 0 saturated heterocycles. The van der Waals surface area contributed by atoms with Gasteiger partial charge in [0.25, 0.3) is 0 Å². The molecular formula is C14H20N2O4. The van der Waals surface area contributed by atoms with Gasteiger partial charge in [-0.05, 0) is 45.4 Å². The molecule has 1 rings (SSSR count). The Labute approximate surface area is 118 Å². The molecule has 0 unspecified atom stereocenters. The lowest BCUT2D eigenvalue weighted by atomic mass is 10.1. The van der Waals surface area contributed by atoms with E-state index < -0.39 is 17.8 Å². The van der Waals surface area contributed by atoms with Crippen molar-refractivity contribution in [1.29, 1.82) is 0 Å². The summed E-state index contributed by atoms with van der Waals surface area (Å²) in [7, 11) is 0. The number of ether oxygens (including phenoxy) is 2. The molecule has 20 heavy (non-hydrogen) atoms. The van der Waals surface area contributed by atoms with Gasteiger partial charge in [-0.2, -0.15) is 0 Å². The average Bonchev–Trinajstić information content (AvgIpc) is 2.25. The fourth-order valence-electron chi connectivity index (χ4n) is 1.49. The summed E-state index contributed by atoms with van der Waals surface area (Å²) in [5.41, 5.74) is 0.161. The number of amides is 1. The summed E-state index contributed by atoms with van der Waals surface area (Å²) in [6.07, 6.45) is 0.541. The highest BCUT2D eigenvalue weighted by Gasteiger charge is 2.17. The van der Waals surface area contributed by atoms with Crippen LogP contribution in [0, 0.1) is 0 Å². The molecule has 0 aliphatic rings. The highest BCUT2D eigenvalue weighted by Crippen LogP contribution is 2.19. The largest absolute Gasteiger partial charge is 0.458 e. The second-order valence-corrected chi connectivity index (χ2v) is 5.35. The van der Waals surface area contributed by atoms with E-state index in [1.165, 1.54) is 13.1 Å². The Morgan fingerprint density at radius 1 is 1.35 bits per heavy atom. The van der Waals surface area contributed by atoms with Crippen molar-refractivity contribution in [3.05, 3.63) is 23.9 Å². The first-order valence-electron chi connectivity index (χ1n) is 6.30. The third-order valence-electron chi connectivity index (χ3n) is 2.23. The first-order chi connectivity index (χ1) is 9.17. The molecule has 1 N–H and O–H groups in total. The highest BCUT2D eigenvalue weighted by atomic mass is 16.6. The number of carbonyl (C=O) groups excluding carboxylic acids is 2. The Balaban J connectivity index is 2.73. The quantitative estimate of drug-likeness (QED) is 0.861. The molecule has 0 radical (unpaired) electrons. The van der Waals surface area contributed by atoms with Gasteiger partial charge in [-0.25, -0.2) is 9.78 Å². The summed E-state index contributed by atoms with van der Waals surface area (Å²) in [5.74, 6) is -0.0216. The monoisotopic (exact) mass is 280 g/mol. The molecule has 0 aliphatic heterocycles. The van der Waals surface area contributed by atoms with Crippen molar-refractivity contribution >= 4 is 17.9 Å². The number of carbonyl (C=O) groups is 2. The van der Waals surface area contributed by atoms with Gasteiger partial charge in [0.1, 0.15) is 17.5 Å². The standard InChI is InChI=1S/C14H20N2O4/c1-9(19-10(2)17)11-6-7-15-12(8-11)16-13(18)20-14(3,4)5/h6-9H,1-5H3,(H,15,16,18)/t9-/m1/s1. The van der Waals surface area contributed by atoms with Crippen molar-refractivity contribution in [3.8, 4) is 0 Å². The summed E-state index contributed by atoms with van der Waals surface area (Å²) < 4.78 is 10.2. The molecule has 110 valence electrons. The first-order valence-corrected chi connectivity index (χ1v) is 6.30. The number of nitrogens with one attached hydrogen (secondary N) is 1. The Morgan fingerprint density at radius 3 is 2.55 bits per heavy atom. The molecule has 1 aromatic rings. The number of anilines is 1. The van der Waals surface area contributed by atoms with Crippen molar-refractivity contribution in [2.45, 2.75) is 46.3 Å². The topological polar surface area (TPSA) is 77.5 Å². The molecule has 0 saturated carbocycles. The molecule has 1 heterocycles. The highest BCUT2D eigenvalue weighted by molar-refractivity contribution is 5.83. The van der Waals surface area contributed by atoms with E-state index >= 15 is 0 Å². The predicted molar refractivity (Wildman–Crippen MR) is 74.3 cm³/mol. The van der Waals surface area contributed by atoms with Gasteiger partial charge in [-0.1, -0.05) is 0 Å². The maximum absolute atomic E-state index is 11.6. The second-order valence-electron chi connectivity index (χ2n) is 5.35. The van der Waals surface area contributed by atoms with Gasteiger partial charge >= 0.3 is 12.1 Å². The van der Waals surface area contributed by atoms with Crippen LogP contribution in [0.25, 0.3) is 0 Å². The Bertz CT molecular complexity index is 494. The first kappa shape index (κ1) is 15.9. The van der Waals surface area contributed by atoms with Gasteiger partial charge in [-0.15, -0.1) is 0 Å². The predicted octanol–water partition coefficient (Wildman–Crippen LogP) is 3.05. The number of hydrogen-bond acceptors (Lipinski definition) is 5. The van der Waals surface area contributed by atoms with Crippen LogP contribution in [-0.2, 0) is 14.3 Å². The van der Waals surface area contributed by atoms with E-state index in [0.29, 0.717) is 5.82 Å². The zero-order valence-corrected chi connectivity index (χ0v) is 12.4. The number of rotatable bonds is 3. The lowest BCUT2D eigenvalue weighted by Gasteiger charge is -2.19. The maximum atomic E-state index is 11.6. The zero-order chi connectivity index (χ0) is 15.3. The molecule has 0 aliphatic carbocycles. The Morgan fingerprint density at radius 2 is 2.00 bits per heavy atom. The summed E-state index contributed by atoms with van der Waals surface area (Å²) in [6.45, 7) is 8.42. The summed E-state index contributed by atoms with van der Waals surface area (Å²) >= 11 is 0. The maximum Gasteiger partial charge on any atom is 0.413 e. The van der Waals surface area contributed by atoms with E-state index in [-0.39, 0.29) is 5.97 Å². The summed E-state index contributed by atoms with van der Waals surface area (Å²) in [6, 6.07) is 3.35. The molecule has 1 aromatic heterocycles. The number of hydrogen-bond donors (Lipinski definition) is 1. The van der Waals surface area contributed by atoms with Crippen LogP contribution >= 0.6 is 0 Å². The van der Waals surface area contributed by atoms with Crippen LogP contribution < -0.4 is 5.32 Å². The van der Waals surface area contributed by atoms with E-state index in [1.54, 1.807) is 39.8 Å². The van der Waals surface area contributed by atoms with Crippen molar-refractivity contribution in [3.63, 3.8) is 0 Å². The molecule has 6 heteroatoms. The average molecular weight is 280 g/mol. The molecule has 0 aromatic carbocycles. The van der Waals surface area contributed by atoms with Crippen molar-refractivity contribution < 1.29 is 19.1 Å². The van der Waals surface area contributed by atoms with Crippen LogP contribution in [0.1, 0.15) is 46.3 Å². The van der Waals surface area contributed by atoms with Crippen LogP contribution in [0.15, 0.2) is 18.3 Å². The summed E-state index contributed by atoms with van der Waals surface area (Å²) in [5, 5.41) is 2.53. The number of pyridine rings is 1. The van der Waals surface area contributed by atoms with E-state index in [4.69, 9.17) is 9.47 Å². The van der Waals surface area contributed by atoms with Crippen LogP contribution in [0.3, 0.4) is 0 Å². The second kappa shape index (κ2) is 6.36. The third-order valence-corrected chi connectivity index (χ3v) is 2.23. The van der Waals surface area contributed by atoms with E-state index in [0.717, 1.165) is 5.56 Å². The van der Waals surface area contributed by atoms with Gasteiger partial charge in [-0.3, -0.25) is 10.1 Å². The number of esters is 1. The van der Waals surface area contributed by atoms with Crippen LogP contribution in [-0.4, -0.2) is 22.6 Å². The van der Waals surface area contributed by atoms with Crippen molar-refractivity contribution in [2.75, 3.05) is 5.32 Å². The van der Waals surface area contributed by atoms with Gasteiger partial charge in [0.15, 0.2) is 0 Å². The lowest BCUT2D eigenvalue weighted by molar-refractivity contribution is -0.145. The molecule has 6 nitrogen and oxygen atoms in total. The Hall–Kier alpha value is -2.11. The van der Waals surface area contributed by atoms with Crippen LogP contribution in [0.2, 0.25) is 0 Å². The molecule has 1 amide bonds. The SMILES string of the molecule is CC(=O)O[C@H](C)c1ccnc(NC(=O)OC(C)(C)C)c1. The van der Waals surface area contributed by atoms with E-state index in [2.05, 4.69) is 10.3 Å². The Kier molecular flexibility index (Phi) is 5.07.